The standard InChI is InChI=1S/C9H19NO6S2/c1-7(2)5-8(9(11)16-3)10-18(14,15)6-17(4,12)13/h7-8,10H,5-6H2,1-4H3. The van der Waals surface area contributed by atoms with Crippen molar-refractivity contribution in [3.05, 3.63) is 0 Å². The van der Waals surface area contributed by atoms with E-state index in [1.165, 1.54) is 0 Å². The second kappa shape index (κ2) is 6.48. The van der Waals surface area contributed by atoms with Crippen LogP contribution in [-0.4, -0.2) is 47.3 Å². The Morgan fingerprint density at radius 2 is 1.72 bits per heavy atom. The number of carbonyl (C=O) groups is 1. The van der Waals surface area contributed by atoms with Gasteiger partial charge >= 0.3 is 5.97 Å². The molecule has 0 saturated carbocycles. The molecule has 0 aliphatic rings. The molecule has 0 aromatic heterocycles. The van der Waals surface area contributed by atoms with E-state index in [1.807, 2.05) is 0 Å². The highest BCUT2D eigenvalue weighted by molar-refractivity contribution is 8.06. The summed E-state index contributed by atoms with van der Waals surface area (Å²) in [4.78, 5) is 11.4. The summed E-state index contributed by atoms with van der Waals surface area (Å²) in [6, 6.07) is -1.07. The molecule has 0 bridgehead atoms. The molecule has 0 amide bonds. The number of nitrogens with one attached hydrogen (secondary N) is 1. The lowest BCUT2D eigenvalue weighted by atomic mass is 10.1. The van der Waals surface area contributed by atoms with Crippen LogP contribution in [0.3, 0.4) is 0 Å². The first-order valence-electron chi connectivity index (χ1n) is 5.22. The molecule has 18 heavy (non-hydrogen) atoms. The molecule has 0 rings (SSSR count). The lowest BCUT2D eigenvalue weighted by Gasteiger charge is -2.17. The second-order valence-corrected chi connectivity index (χ2v) is 8.74. The molecule has 1 atom stereocenters. The summed E-state index contributed by atoms with van der Waals surface area (Å²) < 4.78 is 51.6. The third kappa shape index (κ3) is 7.62. The van der Waals surface area contributed by atoms with Crippen LogP contribution in [0.25, 0.3) is 0 Å². The van der Waals surface area contributed by atoms with E-state index in [0.717, 1.165) is 13.4 Å². The Morgan fingerprint density at radius 1 is 1.22 bits per heavy atom. The largest absolute Gasteiger partial charge is 0.468 e. The third-order valence-electron chi connectivity index (χ3n) is 1.88. The maximum Gasteiger partial charge on any atom is 0.323 e. The van der Waals surface area contributed by atoms with E-state index in [-0.39, 0.29) is 12.3 Å². The van der Waals surface area contributed by atoms with Crippen LogP contribution in [-0.2, 0) is 29.4 Å². The summed E-state index contributed by atoms with van der Waals surface area (Å²) in [5, 5.41) is -1.05. The van der Waals surface area contributed by atoms with E-state index >= 15 is 0 Å². The summed E-state index contributed by atoms with van der Waals surface area (Å²) in [7, 11) is -6.63. The van der Waals surface area contributed by atoms with Gasteiger partial charge < -0.3 is 4.74 Å². The van der Waals surface area contributed by atoms with Crippen molar-refractivity contribution in [2.45, 2.75) is 26.3 Å². The Hall–Kier alpha value is -0.670. The van der Waals surface area contributed by atoms with Gasteiger partial charge in [-0.3, -0.25) is 4.79 Å². The number of ether oxygens (including phenoxy) is 1. The lowest BCUT2D eigenvalue weighted by molar-refractivity contribution is -0.143. The molecule has 7 nitrogen and oxygen atoms in total. The van der Waals surface area contributed by atoms with Crippen LogP contribution in [0.2, 0.25) is 0 Å². The van der Waals surface area contributed by atoms with Crippen LogP contribution < -0.4 is 4.72 Å². The minimum absolute atomic E-state index is 0.0510. The van der Waals surface area contributed by atoms with Gasteiger partial charge in [-0.15, -0.1) is 0 Å². The average Bonchev–Trinajstić information content (AvgIpc) is 2.10. The summed E-state index contributed by atoms with van der Waals surface area (Å²) in [6.07, 6.45) is 1.04. The molecule has 108 valence electrons. The molecule has 0 aromatic rings. The normalized spacial score (nSPS) is 14.5. The Kier molecular flexibility index (Phi) is 6.24. The van der Waals surface area contributed by atoms with Crippen molar-refractivity contribution in [1.82, 2.24) is 4.72 Å². The maximum atomic E-state index is 11.6. The molecule has 0 spiro atoms. The zero-order valence-corrected chi connectivity index (χ0v) is 12.5. The molecule has 0 aliphatic carbocycles. The first-order valence-corrected chi connectivity index (χ1v) is 8.93. The van der Waals surface area contributed by atoms with E-state index in [4.69, 9.17) is 0 Å². The Balaban J connectivity index is 4.93. The summed E-state index contributed by atoms with van der Waals surface area (Å²) >= 11 is 0. The first kappa shape index (κ1) is 17.3. The molecule has 1 N–H and O–H groups in total. The molecule has 0 radical (unpaired) electrons. The quantitative estimate of drug-likeness (QED) is 0.635. The van der Waals surface area contributed by atoms with Gasteiger partial charge in [0.25, 0.3) is 0 Å². The fraction of sp³-hybridized carbons (Fsp3) is 0.889. The SMILES string of the molecule is COC(=O)C(CC(C)C)NS(=O)(=O)CS(C)(=O)=O. The minimum Gasteiger partial charge on any atom is -0.468 e. The van der Waals surface area contributed by atoms with Gasteiger partial charge in [-0.2, -0.15) is 0 Å². The van der Waals surface area contributed by atoms with Crippen LogP contribution in [0.4, 0.5) is 0 Å². The minimum atomic E-state index is -4.08. The van der Waals surface area contributed by atoms with E-state index in [2.05, 4.69) is 9.46 Å². The van der Waals surface area contributed by atoms with Crippen molar-refractivity contribution in [2.24, 2.45) is 5.92 Å². The predicted molar refractivity (Wildman–Crippen MR) is 67.0 cm³/mol. The summed E-state index contributed by atoms with van der Waals surface area (Å²) in [6.45, 7) is 3.61. The van der Waals surface area contributed by atoms with Crippen molar-refractivity contribution >= 4 is 25.8 Å². The number of esters is 1. The number of hydrogen-bond acceptors (Lipinski definition) is 6. The van der Waals surface area contributed by atoms with Gasteiger partial charge in [0.05, 0.1) is 7.11 Å². The Morgan fingerprint density at radius 3 is 2.06 bits per heavy atom. The van der Waals surface area contributed by atoms with Crippen molar-refractivity contribution < 1.29 is 26.4 Å². The van der Waals surface area contributed by atoms with Crippen molar-refractivity contribution in [2.75, 3.05) is 18.5 Å². The Bertz CT molecular complexity index is 479. The molecule has 0 heterocycles. The van der Waals surface area contributed by atoms with Crippen molar-refractivity contribution in [1.29, 1.82) is 0 Å². The molecule has 0 saturated heterocycles. The van der Waals surface area contributed by atoms with E-state index in [1.54, 1.807) is 13.8 Å². The predicted octanol–water partition coefficient (Wildman–Crippen LogP) is -0.504. The summed E-state index contributed by atoms with van der Waals surface area (Å²) in [5.74, 6) is -0.684. The van der Waals surface area contributed by atoms with E-state index in [0.29, 0.717) is 0 Å². The lowest BCUT2D eigenvalue weighted by Crippen LogP contribution is -2.44. The number of sulfonamides is 1. The van der Waals surface area contributed by atoms with E-state index < -0.39 is 37.0 Å². The van der Waals surface area contributed by atoms with Crippen LogP contribution >= 0.6 is 0 Å². The number of sulfone groups is 1. The highest BCUT2D eigenvalue weighted by Crippen LogP contribution is 2.08. The van der Waals surface area contributed by atoms with Gasteiger partial charge in [-0.25, -0.2) is 21.6 Å². The molecule has 0 aromatic carbocycles. The van der Waals surface area contributed by atoms with Crippen LogP contribution in [0, 0.1) is 5.92 Å². The third-order valence-corrected chi connectivity index (χ3v) is 5.48. The second-order valence-electron chi connectivity index (χ2n) is 4.48. The molecular weight excluding hydrogens is 282 g/mol. The van der Waals surface area contributed by atoms with Crippen LogP contribution in [0.1, 0.15) is 20.3 Å². The molecular formula is C9H19NO6S2. The van der Waals surface area contributed by atoms with Gasteiger partial charge in [0.2, 0.25) is 10.0 Å². The fourth-order valence-electron chi connectivity index (χ4n) is 1.34. The molecule has 9 heteroatoms. The maximum absolute atomic E-state index is 11.6. The highest BCUT2D eigenvalue weighted by atomic mass is 32.3. The number of carbonyl (C=O) groups excluding carboxylic acids is 1. The molecule has 0 aliphatic heterocycles. The topological polar surface area (TPSA) is 107 Å². The van der Waals surface area contributed by atoms with E-state index in [9.17, 15) is 21.6 Å². The van der Waals surface area contributed by atoms with Crippen molar-refractivity contribution in [3.8, 4) is 0 Å². The monoisotopic (exact) mass is 301 g/mol. The summed E-state index contributed by atoms with van der Waals surface area (Å²) in [5.41, 5.74) is 0. The average molecular weight is 301 g/mol. The van der Waals surface area contributed by atoms with Crippen molar-refractivity contribution in [3.63, 3.8) is 0 Å². The van der Waals surface area contributed by atoms with Gasteiger partial charge in [-0.1, -0.05) is 13.8 Å². The first-order chi connectivity index (χ1) is 7.97. The fourth-order valence-corrected chi connectivity index (χ4v) is 4.49. The van der Waals surface area contributed by atoms with Gasteiger partial charge in [0.15, 0.2) is 14.9 Å². The number of rotatable bonds is 7. The van der Waals surface area contributed by atoms with Crippen LogP contribution in [0.15, 0.2) is 0 Å². The molecule has 0 fully saturated rings. The van der Waals surface area contributed by atoms with Gasteiger partial charge in [0, 0.05) is 6.26 Å². The number of hydrogen-bond donors (Lipinski definition) is 1. The smallest absolute Gasteiger partial charge is 0.323 e. The zero-order valence-electron chi connectivity index (χ0n) is 10.8. The highest BCUT2D eigenvalue weighted by Gasteiger charge is 2.28. The molecule has 1 unspecified atom stereocenters. The Labute approximate surface area is 108 Å². The zero-order chi connectivity index (χ0) is 14.6. The number of methoxy groups -OCH3 is 1. The van der Waals surface area contributed by atoms with Gasteiger partial charge in [0.1, 0.15) is 6.04 Å². The van der Waals surface area contributed by atoms with Crippen LogP contribution in [0.5, 0.6) is 0 Å². The van der Waals surface area contributed by atoms with Gasteiger partial charge in [-0.05, 0) is 12.3 Å².